The second kappa shape index (κ2) is 5.51. The number of carboxylic acid groups (broad SMARTS) is 1. The summed E-state index contributed by atoms with van der Waals surface area (Å²) in [6.45, 7) is 1.99. The molecule has 0 unspecified atom stereocenters. The summed E-state index contributed by atoms with van der Waals surface area (Å²) in [6.07, 6.45) is 0.0742. The maximum Gasteiger partial charge on any atom is 0.347 e. The Morgan fingerprint density at radius 3 is 2.80 bits per heavy atom. The molecular formula is C11H14N2O5S2. The predicted octanol–water partition coefficient (Wildman–Crippen LogP) is 0.265. The Bertz CT molecular complexity index is 650. The van der Waals surface area contributed by atoms with E-state index in [0.29, 0.717) is 5.56 Å². The fraction of sp³-hybridized carbons (Fsp3) is 0.455. The molecule has 1 aliphatic heterocycles. The molecule has 2 rings (SSSR count). The summed E-state index contributed by atoms with van der Waals surface area (Å²) >= 11 is 0.893. The molecule has 0 radical (unpaired) electrons. The molecule has 2 N–H and O–H groups in total. The number of carboxylic acids is 1. The largest absolute Gasteiger partial charge is 0.477 e. The van der Waals surface area contributed by atoms with Gasteiger partial charge in [-0.25, -0.2) is 13.2 Å². The van der Waals surface area contributed by atoms with Gasteiger partial charge in [0.2, 0.25) is 15.9 Å². The van der Waals surface area contributed by atoms with Crippen LogP contribution in [0.2, 0.25) is 0 Å². The number of carbonyl (C=O) groups is 2. The van der Waals surface area contributed by atoms with E-state index in [-0.39, 0.29) is 41.7 Å². The van der Waals surface area contributed by atoms with Gasteiger partial charge in [0.05, 0.1) is 0 Å². The molecule has 1 saturated heterocycles. The van der Waals surface area contributed by atoms with E-state index >= 15 is 0 Å². The third-order valence-corrected chi connectivity index (χ3v) is 6.28. The van der Waals surface area contributed by atoms with Crippen LogP contribution in [0.1, 0.15) is 21.7 Å². The lowest BCUT2D eigenvalue weighted by Gasteiger charge is -2.19. The van der Waals surface area contributed by atoms with Crippen LogP contribution in [0.4, 0.5) is 0 Å². The SMILES string of the molecule is Cc1csc(C(=O)O)c1S(=O)(=O)N1CCNC(=O)CC1. The van der Waals surface area contributed by atoms with Crippen LogP contribution in [-0.4, -0.2) is 49.3 Å². The minimum absolute atomic E-state index is 0.0580. The second-order valence-corrected chi connectivity index (χ2v) is 7.14. The molecule has 0 saturated carbocycles. The molecule has 0 aromatic carbocycles. The first-order valence-corrected chi connectivity index (χ1v) is 8.24. The second-order valence-electron chi connectivity index (χ2n) is 4.39. The van der Waals surface area contributed by atoms with Crippen LogP contribution >= 0.6 is 11.3 Å². The zero-order valence-electron chi connectivity index (χ0n) is 10.7. The Morgan fingerprint density at radius 1 is 1.45 bits per heavy atom. The van der Waals surface area contributed by atoms with Crippen molar-refractivity contribution in [1.82, 2.24) is 9.62 Å². The van der Waals surface area contributed by atoms with Crippen LogP contribution < -0.4 is 5.32 Å². The van der Waals surface area contributed by atoms with E-state index in [4.69, 9.17) is 5.11 Å². The summed E-state index contributed by atoms with van der Waals surface area (Å²) in [5, 5.41) is 13.2. The van der Waals surface area contributed by atoms with Crippen molar-refractivity contribution < 1.29 is 23.1 Å². The summed E-state index contributed by atoms with van der Waals surface area (Å²) < 4.78 is 26.3. The smallest absolute Gasteiger partial charge is 0.347 e. The molecule has 0 bridgehead atoms. The lowest BCUT2D eigenvalue weighted by molar-refractivity contribution is -0.120. The number of aromatic carboxylic acids is 1. The highest BCUT2D eigenvalue weighted by Gasteiger charge is 2.33. The van der Waals surface area contributed by atoms with Crippen LogP contribution in [0.15, 0.2) is 10.3 Å². The zero-order valence-corrected chi connectivity index (χ0v) is 12.4. The van der Waals surface area contributed by atoms with Gasteiger partial charge in [0.15, 0.2) is 0 Å². The van der Waals surface area contributed by atoms with Gasteiger partial charge in [-0.05, 0) is 17.9 Å². The Hall–Kier alpha value is -1.45. The number of hydrogen-bond acceptors (Lipinski definition) is 5. The normalized spacial score (nSPS) is 17.6. The molecular weight excluding hydrogens is 304 g/mol. The highest BCUT2D eigenvalue weighted by Crippen LogP contribution is 2.29. The Kier molecular flexibility index (Phi) is 4.11. The molecule has 0 spiro atoms. The molecule has 20 heavy (non-hydrogen) atoms. The minimum Gasteiger partial charge on any atom is -0.477 e. The Morgan fingerprint density at radius 2 is 2.15 bits per heavy atom. The van der Waals surface area contributed by atoms with Gasteiger partial charge in [-0.15, -0.1) is 11.3 Å². The van der Waals surface area contributed by atoms with Crippen molar-refractivity contribution in [2.75, 3.05) is 19.6 Å². The van der Waals surface area contributed by atoms with Crippen molar-refractivity contribution in [3.05, 3.63) is 15.8 Å². The number of carbonyl (C=O) groups excluding carboxylic acids is 1. The van der Waals surface area contributed by atoms with E-state index in [1.807, 2.05) is 0 Å². The Labute approximate surface area is 120 Å². The van der Waals surface area contributed by atoms with E-state index < -0.39 is 16.0 Å². The first-order chi connectivity index (χ1) is 9.34. The number of hydrogen-bond donors (Lipinski definition) is 2. The maximum atomic E-state index is 12.6. The van der Waals surface area contributed by atoms with Crippen LogP contribution in [0, 0.1) is 6.92 Å². The van der Waals surface area contributed by atoms with Crippen molar-refractivity contribution in [1.29, 1.82) is 0 Å². The number of thiophene rings is 1. The minimum atomic E-state index is -3.90. The van der Waals surface area contributed by atoms with Gasteiger partial charge < -0.3 is 10.4 Å². The molecule has 2 heterocycles. The van der Waals surface area contributed by atoms with Gasteiger partial charge in [-0.2, -0.15) is 4.31 Å². The van der Waals surface area contributed by atoms with Gasteiger partial charge in [0, 0.05) is 26.1 Å². The summed E-state index contributed by atoms with van der Waals surface area (Å²) in [5.41, 5.74) is 0.413. The number of nitrogens with zero attached hydrogens (tertiary/aromatic N) is 1. The molecule has 110 valence electrons. The molecule has 7 nitrogen and oxygen atoms in total. The molecule has 1 aliphatic rings. The van der Waals surface area contributed by atoms with Crippen LogP contribution in [-0.2, 0) is 14.8 Å². The van der Waals surface area contributed by atoms with Gasteiger partial charge in [-0.3, -0.25) is 4.79 Å². The molecule has 0 aliphatic carbocycles. The van der Waals surface area contributed by atoms with E-state index in [1.165, 1.54) is 5.38 Å². The predicted molar refractivity (Wildman–Crippen MR) is 72.4 cm³/mol. The number of sulfonamides is 1. The number of nitrogens with one attached hydrogen (secondary N) is 1. The van der Waals surface area contributed by atoms with Crippen LogP contribution in [0.3, 0.4) is 0 Å². The van der Waals surface area contributed by atoms with Crippen molar-refractivity contribution in [3.8, 4) is 0 Å². The number of aryl methyl sites for hydroxylation is 1. The molecule has 1 aromatic rings. The van der Waals surface area contributed by atoms with E-state index in [2.05, 4.69) is 5.32 Å². The summed E-state index contributed by atoms with van der Waals surface area (Å²) in [5.74, 6) is -1.46. The summed E-state index contributed by atoms with van der Waals surface area (Å²) in [6, 6.07) is 0. The van der Waals surface area contributed by atoms with Gasteiger partial charge in [0.1, 0.15) is 9.77 Å². The quantitative estimate of drug-likeness (QED) is 0.832. The lowest BCUT2D eigenvalue weighted by atomic mass is 10.3. The highest BCUT2D eigenvalue weighted by molar-refractivity contribution is 7.89. The molecule has 9 heteroatoms. The lowest BCUT2D eigenvalue weighted by Crippen LogP contribution is -2.35. The van der Waals surface area contributed by atoms with Crippen molar-refractivity contribution in [2.24, 2.45) is 0 Å². The first kappa shape index (κ1) is 14.9. The average molecular weight is 318 g/mol. The van der Waals surface area contributed by atoms with Crippen LogP contribution in [0.25, 0.3) is 0 Å². The van der Waals surface area contributed by atoms with Crippen molar-refractivity contribution in [3.63, 3.8) is 0 Å². The van der Waals surface area contributed by atoms with E-state index in [0.717, 1.165) is 15.6 Å². The molecule has 1 amide bonds. The third kappa shape index (κ3) is 2.69. The van der Waals surface area contributed by atoms with Crippen LogP contribution in [0.5, 0.6) is 0 Å². The topological polar surface area (TPSA) is 104 Å². The molecule has 1 aromatic heterocycles. The molecule has 0 atom stereocenters. The first-order valence-electron chi connectivity index (χ1n) is 5.92. The van der Waals surface area contributed by atoms with E-state index in [1.54, 1.807) is 6.92 Å². The standard InChI is InChI=1S/C11H14N2O5S2/c1-7-6-19-9(11(15)16)10(7)20(17,18)13-4-2-8(14)12-3-5-13/h6H,2-5H2,1H3,(H,12,14)(H,15,16). The fourth-order valence-corrected chi connectivity index (χ4v) is 5.04. The molecule has 1 fully saturated rings. The van der Waals surface area contributed by atoms with Gasteiger partial charge in [-0.1, -0.05) is 0 Å². The summed E-state index contributed by atoms with van der Waals surface area (Å²) in [4.78, 5) is 22.1. The van der Waals surface area contributed by atoms with Crippen molar-refractivity contribution >= 4 is 33.2 Å². The monoisotopic (exact) mass is 318 g/mol. The van der Waals surface area contributed by atoms with E-state index in [9.17, 15) is 18.0 Å². The maximum absolute atomic E-state index is 12.6. The Balaban J connectivity index is 2.42. The number of amides is 1. The summed E-state index contributed by atoms with van der Waals surface area (Å²) in [7, 11) is -3.90. The van der Waals surface area contributed by atoms with Crippen molar-refractivity contribution in [2.45, 2.75) is 18.2 Å². The fourth-order valence-electron chi connectivity index (χ4n) is 2.02. The zero-order chi connectivity index (χ0) is 14.9. The highest BCUT2D eigenvalue weighted by atomic mass is 32.2. The third-order valence-electron chi connectivity index (χ3n) is 2.98. The average Bonchev–Trinajstić information content (AvgIpc) is 2.62. The number of rotatable bonds is 3. The van der Waals surface area contributed by atoms with Gasteiger partial charge in [0.25, 0.3) is 0 Å². The van der Waals surface area contributed by atoms with Gasteiger partial charge >= 0.3 is 5.97 Å².